The molecule has 0 radical (unpaired) electrons. The molecule has 0 amide bonds. The Morgan fingerprint density at radius 3 is 2.47 bits per heavy atom. The number of unbranched alkanes of at least 4 members (excludes halogenated alkanes) is 1. The Bertz CT molecular complexity index is 181. The molecular weight excluding hydrogens is 186 g/mol. The average molecular weight is 211 g/mol. The lowest BCUT2D eigenvalue weighted by Gasteiger charge is -2.36. The summed E-state index contributed by atoms with van der Waals surface area (Å²) in [7, 11) is 2.30. The van der Waals surface area contributed by atoms with Gasteiger partial charge in [-0.25, -0.2) is 0 Å². The zero-order valence-electron chi connectivity index (χ0n) is 9.91. The predicted molar refractivity (Wildman–Crippen MR) is 63.9 cm³/mol. The first-order valence-corrected chi connectivity index (χ1v) is 6.46. The largest absolute Gasteiger partial charge is 0.330 e. The van der Waals surface area contributed by atoms with Gasteiger partial charge in [0.2, 0.25) is 0 Å². The van der Waals surface area contributed by atoms with Crippen molar-refractivity contribution in [2.75, 3.05) is 20.1 Å². The molecule has 2 heterocycles. The lowest BCUT2D eigenvalue weighted by atomic mass is 9.98. The maximum Gasteiger partial charge on any atom is 0.0111 e. The first-order valence-electron chi connectivity index (χ1n) is 6.46. The second-order valence-electron chi connectivity index (χ2n) is 5.17. The molecule has 0 aliphatic carbocycles. The first-order chi connectivity index (χ1) is 7.31. The quantitative estimate of drug-likeness (QED) is 0.665. The normalized spacial score (nSPS) is 36.0. The van der Waals surface area contributed by atoms with Crippen LogP contribution in [0, 0.1) is 0 Å². The summed E-state index contributed by atoms with van der Waals surface area (Å²) in [5.74, 6) is 0. The molecule has 2 bridgehead atoms. The molecular formula is C12H25N3. The summed E-state index contributed by atoms with van der Waals surface area (Å²) in [6.45, 7) is 1.99. The highest BCUT2D eigenvalue weighted by atomic mass is 15.2. The van der Waals surface area contributed by atoms with Gasteiger partial charge in [-0.2, -0.15) is 0 Å². The predicted octanol–water partition coefficient (Wildman–Crippen LogP) is 0.940. The van der Waals surface area contributed by atoms with Gasteiger partial charge in [-0.05, 0) is 58.7 Å². The van der Waals surface area contributed by atoms with Gasteiger partial charge in [0.25, 0.3) is 0 Å². The van der Waals surface area contributed by atoms with Gasteiger partial charge in [0.05, 0.1) is 0 Å². The van der Waals surface area contributed by atoms with Crippen molar-refractivity contribution in [3.05, 3.63) is 0 Å². The van der Waals surface area contributed by atoms with E-state index < -0.39 is 0 Å². The lowest BCUT2D eigenvalue weighted by molar-refractivity contribution is 0.149. The molecule has 0 saturated carbocycles. The van der Waals surface area contributed by atoms with Crippen LogP contribution in [-0.4, -0.2) is 43.2 Å². The Kier molecular flexibility index (Phi) is 4.00. The van der Waals surface area contributed by atoms with E-state index in [1.54, 1.807) is 0 Å². The van der Waals surface area contributed by atoms with Crippen LogP contribution in [0.3, 0.4) is 0 Å². The minimum absolute atomic E-state index is 0.775. The number of rotatable bonds is 5. The number of hydrogen-bond acceptors (Lipinski definition) is 3. The molecule has 0 spiro atoms. The topological polar surface area (TPSA) is 41.3 Å². The van der Waals surface area contributed by atoms with E-state index in [0.717, 1.165) is 37.6 Å². The minimum atomic E-state index is 0.775. The molecule has 2 saturated heterocycles. The van der Waals surface area contributed by atoms with Crippen molar-refractivity contribution in [1.29, 1.82) is 0 Å². The third kappa shape index (κ3) is 2.71. The van der Waals surface area contributed by atoms with Gasteiger partial charge in [-0.1, -0.05) is 0 Å². The van der Waals surface area contributed by atoms with E-state index in [4.69, 9.17) is 5.73 Å². The molecule has 2 aliphatic heterocycles. The number of nitrogens with two attached hydrogens (primary N) is 1. The summed E-state index contributed by atoms with van der Waals surface area (Å²) in [6.07, 6.45) is 7.94. The number of nitrogens with zero attached hydrogens (tertiary/aromatic N) is 1. The molecule has 3 heteroatoms. The SMILES string of the molecule is CN1C2CCC1CC(NCCCCN)C2. The van der Waals surface area contributed by atoms with Gasteiger partial charge in [0.1, 0.15) is 0 Å². The third-order valence-electron chi connectivity index (χ3n) is 4.16. The molecule has 2 aliphatic rings. The van der Waals surface area contributed by atoms with Crippen molar-refractivity contribution in [2.24, 2.45) is 5.73 Å². The van der Waals surface area contributed by atoms with E-state index in [-0.39, 0.29) is 0 Å². The zero-order chi connectivity index (χ0) is 10.7. The van der Waals surface area contributed by atoms with Gasteiger partial charge in [-0.15, -0.1) is 0 Å². The molecule has 2 rings (SSSR count). The summed E-state index contributed by atoms with van der Waals surface area (Å²) in [6, 6.07) is 2.49. The van der Waals surface area contributed by atoms with Gasteiger partial charge >= 0.3 is 0 Å². The molecule has 2 fully saturated rings. The Balaban J connectivity index is 1.68. The third-order valence-corrected chi connectivity index (χ3v) is 4.16. The second-order valence-corrected chi connectivity index (χ2v) is 5.17. The van der Waals surface area contributed by atoms with E-state index in [2.05, 4.69) is 17.3 Å². The van der Waals surface area contributed by atoms with Crippen LogP contribution in [0.25, 0.3) is 0 Å². The summed E-state index contributed by atoms with van der Waals surface area (Å²) in [5, 5.41) is 3.70. The number of hydrogen-bond donors (Lipinski definition) is 2. The zero-order valence-corrected chi connectivity index (χ0v) is 9.91. The van der Waals surface area contributed by atoms with Crippen molar-refractivity contribution < 1.29 is 0 Å². The molecule has 3 nitrogen and oxygen atoms in total. The fourth-order valence-corrected chi connectivity index (χ4v) is 3.15. The van der Waals surface area contributed by atoms with Crippen LogP contribution in [0.2, 0.25) is 0 Å². The van der Waals surface area contributed by atoms with Crippen LogP contribution in [0.15, 0.2) is 0 Å². The van der Waals surface area contributed by atoms with Crippen molar-refractivity contribution >= 4 is 0 Å². The van der Waals surface area contributed by atoms with Crippen LogP contribution in [0.5, 0.6) is 0 Å². The van der Waals surface area contributed by atoms with Crippen LogP contribution < -0.4 is 11.1 Å². The summed E-state index contributed by atoms with van der Waals surface area (Å²) >= 11 is 0. The number of piperidine rings is 1. The fraction of sp³-hybridized carbons (Fsp3) is 1.00. The second kappa shape index (κ2) is 5.28. The van der Waals surface area contributed by atoms with Crippen LogP contribution in [-0.2, 0) is 0 Å². The Morgan fingerprint density at radius 1 is 1.20 bits per heavy atom. The fourth-order valence-electron chi connectivity index (χ4n) is 3.15. The highest BCUT2D eigenvalue weighted by molar-refractivity contribution is 4.95. The maximum atomic E-state index is 5.49. The molecule has 2 atom stereocenters. The average Bonchev–Trinajstić information content (AvgIpc) is 2.50. The minimum Gasteiger partial charge on any atom is -0.330 e. The van der Waals surface area contributed by atoms with Crippen molar-refractivity contribution in [3.63, 3.8) is 0 Å². The van der Waals surface area contributed by atoms with E-state index in [0.29, 0.717) is 0 Å². The van der Waals surface area contributed by atoms with Gasteiger partial charge in [0.15, 0.2) is 0 Å². The van der Waals surface area contributed by atoms with E-state index in [1.165, 1.54) is 32.1 Å². The summed E-state index contributed by atoms with van der Waals surface area (Å²) < 4.78 is 0. The molecule has 0 aromatic carbocycles. The Labute approximate surface area is 93.4 Å². The lowest BCUT2D eigenvalue weighted by Crippen LogP contribution is -2.47. The van der Waals surface area contributed by atoms with E-state index >= 15 is 0 Å². The van der Waals surface area contributed by atoms with Crippen molar-refractivity contribution in [1.82, 2.24) is 10.2 Å². The van der Waals surface area contributed by atoms with Gasteiger partial charge < -0.3 is 16.0 Å². The number of nitrogens with one attached hydrogen (secondary N) is 1. The number of fused-ring (bicyclic) bond motifs is 2. The monoisotopic (exact) mass is 211 g/mol. The smallest absolute Gasteiger partial charge is 0.0111 e. The van der Waals surface area contributed by atoms with Crippen molar-refractivity contribution in [2.45, 2.75) is 56.7 Å². The maximum absolute atomic E-state index is 5.49. The molecule has 0 aromatic heterocycles. The molecule has 2 unspecified atom stereocenters. The van der Waals surface area contributed by atoms with Gasteiger partial charge in [-0.3, -0.25) is 0 Å². The highest BCUT2D eigenvalue weighted by Gasteiger charge is 2.37. The van der Waals surface area contributed by atoms with Crippen molar-refractivity contribution in [3.8, 4) is 0 Å². The highest BCUT2D eigenvalue weighted by Crippen LogP contribution is 2.34. The standard InChI is InChI=1S/C12H25N3/c1-15-11-4-5-12(15)9-10(8-11)14-7-3-2-6-13/h10-12,14H,2-9,13H2,1H3. The Hall–Kier alpha value is -0.120. The van der Waals surface area contributed by atoms with E-state index in [1.807, 2.05) is 0 Å². The van der Waals surface area contributed by atoms with Gasteiger partial charge in [0, 0.05) is 18.1 Å². The molecule has 15 heavy (non-hydrogen) atoms. The summed E-state index contributed by atoms with van der Waals surface area (Å²) in [4.78, 5) is 2.60. The van der Waals surface area contributed by atoms with Crippen LogP contribution in [0.1, 0.15) is 38.5 Å². The molecule has 88 valence electrons. The van der Waals surface area contributed by atoms with Crippen LogP contribution in [0.4, 0.5) is 0 Å². The Morgan fingerprint density at radius 2 is 1.87 bits per heavy atom. The first kappa shape index (κ1) is 11.4. The van der Waals surface area contributed by atoms with Crippen LogP contribution >= 0.6 is 0 Å². The summed E-state index contributed by atoms with van der Waals surface area (Å²) in [5.41, 5.74) is 5.49. The molecule has 3 N–H and O–H groups in total. The van der Waals surface area contributed by atoms with E-state index in [9.17, 15) is 0 Å². The molecule has 0 aromatic rings.